The van der Waals surface area contributed by atoms with E-state index < -0.39 is 10.0 Å². The monoisotopic (exact) mass is 269 g/mol. The van der Waals surface area contributed by atoms with Gasteiger partial charge in [0.15, 0.2) is 0 Å². The normalized spacial score (nSPS) is 11.9. The van der Waals surface area contributed by atoms with E-state index in [1.807, 2.05) is 0 Å². The summed E-state index contributed by atoms with van der Waals surface area (Å²) < 4.78 is 30.0. The second-order valence-electron chi connectivity index (χ2n) is 3.35. The highest BCUT2D eigenvalue weighted by molar-refractivity contribution is 7.89. The van der Waals surface area contributed by atoms with Gasteiger partial charge in [0, 0.05) is 26.1 Å². The van der Waals surface area contributed by atoms with Gasteiger partial charge in [-0.3, -0.25) is 0 Å². The zero-order valence-corrected chi connectivity index (χ0v) is 11.3. The lowest BCUT2D eigenvalue weighted by Crippen LogP contribution is -2.35. The van der Waals surface area contributed by atoms with Crippen LogP contribution in [0.5, 0.6) is 0 Å². The van der Waals surface area contributed by atoms with E-state index in [-0.39, 0.29) is 5.75 Å². The van der Waals surface area contributed by atoms with E-state index in [9.17, 15) is 8.42 Å². The van der Waals surface area contributed by atoms with Crippen LogP contribution < -0.4 is 0 Å². The third-order valence-electron chi connectivity index (χ3n) is 2.06. The first-order valence-electron chi connectivity index (χ1n) is 5.22. The van der Waals surface area contributed by atoms with Gasteiger partial charge < -0.3 is 4.74 Å². The van der Waals surface area contributed by atoms with Gasteiger partial charge in [-0.05, 0) is 12.8 Å². The number of nitrogens with zero attached hydrogens (tertiary/aromatic N) is 1. The molecule has 0 fully saturated rings. The van der Waals surface area contributed by atoms with Gasteiger partial charge in [-0.2, -0.15) is 4.31 Å². The Balaban J connectivity index is 4.30. The van der Waals surface area contributed by atoms with Gasteiger partial charge in [0.2, 0.25) is 10.0 Å². The van der Waals surface area contributed by atoms with Crippen LogP contribution >= 0.6 is 11.6 Å². The molecule has 0 aliphatic carbocycles. The Labute approximate surface area is 103 Å². The number of methoxy groups -OCH3 is 1. The van der Waals surface area contributed by atoms with Gasteiger partial charge in [0.25, 0.3) is 0 Å². The van der Waals surface area contributed by atoms with Crippen LogP contribution in [0.15, 0.2) is 12.7 Å². The van der Waals surface area contributed by atoms with Gasteiger partial charge in [-0.25, -0.2) is 8.42 Å². The molecular formula is C10H20ClNO3S. The average molecular weight is 270 g/mol. The molecule has 0 spiro atoms. The molecule has 0 amide bonds. The van der Waals surface area contributed by atoms with E-state index >= 15 is 0 Å². The van der Waals surface area contributed by atoms with Gasteiger partial charge >= 0.3 is 0 Å². The van der Waals surface area contributed by atoms with Crippen LogP contribution in [-0.4, -0.2) is 51.2 Å². The molecule has 6 heteroatoms. The van der Waals surface area contributed by atoms with Gasteiger partial charge in [-0.15, -0.1) is 18.2 Å². The predicted octanol–water partition coefficient (Wildman–Crippen LogP) is 1.47. The van der Waals surface area contributed by atoms with Crippen molar-refractivity contribution in [2.24, 2.45) is 0 Å². The van der Waals surface area contributed by atoms with E-state index in [2.05, 4.69) is 6.58 Å². The minimum absolute atomic E-state index is 0.136. The molecule has 0 saturated heterocycles. The molecule has 0 saturated carbocycles. The summed E-state index contributed by atoms with van der Waals surface area (Å²) in [5.74, 6) is 0.631. The third-order valence-corrected chi connectivity index (χ3v) is 4.25. The summed E-state index contributed by atoms with van der Waals surface area (Å²) in [7, 11) is -1.66. The SMILES string of the molecule is C=CCN(CCOC)S(=O)(=O)CCCCCl. The summed E-state index contributed by atoms with van der Waals surface area (Å²) in [5.41, 5.74) is 0. The molecule has 4 nitrogen and oxygen atoms in total. The van der Waals surface area contributed by atoms with Crippen LogP contribution in [0.25, 0.3) is 0 Å². The minimum Gasteiger partial charge on any atom is -0.383 e. The van der Waals surface area contributed by atoms with E-state index in [0.29, 0.717) is 38.4 Å². The first kappa shape index (κ1) is 15.9. The lowest BCUT2D eigenvalue weighted by molar-refractivity contribution is 0.182. The van der Waals surface area contributed by atoms with Crippen LogP contribution in [-0.2, 0) is 14.8 Å². The van der Waals surface area contributed by atoms with Crippen molar-refractivity contribution in [3.05, 3.63) is 12.7 Å². The Morgan fingerprint density at radius 2 is 2.12 bits per heavy atom. The van der Waals surface area contributed by atoms with E-state index in [1.165, 1.54) is 4.31 Å². The Morgan fingerprint density at radius 1 is 1.44 bits per heavy atom. The quantitative estimate of drug-likeness (QED) is 0.343. The van der Waals surface area contributed by atoms with Crippen molar-refractivity contribution in [1.82, 2.24) is 4.31 Å². The van der Waals surface area contributed by atoms with Crippen molar-refractivity contribution in [1.29, 1.82) is 0 Å². The molecule has 0 aliphatic rings. The molecule has 0 aromatic carbocycles. The van der Waals surface area contributed by atoms with Crippen LogP contribution in [0, 0.1) is 0 Å². The molecule has 0 heterocycles. The van der Waals surface area contributed by atoms with Crippen molar-refractivity contribution >= 4 is 21.6 Å². The van der Waals surface area contributed by atoms with Gasteiger partial charge in [-0.1, -0.05) is 6.08 Å². The molecule has 16 heavy (non-hydrogen) atoms. The van der Waals surface area contributed by atoms with Crippen LogP contribution in [0.1, 0.15) is 12.8 Å². The minimum atomic E-state index is -3.21. The molecular weight excluding hydrogens is 250 g/mol. The maximum Gasteiger partial charge on any atom is 0.214 e. The summed E-state index contributed by atoms with van der Waals surface area (Å²) in [6.45, 7) is 4.63. The molecule has 0 unspecified atom stereocenters. The molecule has 0 atom stereocenters. The number of unbranched alkanes of at least 4 members (excludes halogenated alkanes) is 1. The Bertz CT molecular complexity index is 280. The molecule has 0 aliphatic heterocycles. The molecule has 0 radical (unpaired) electrons. The number of hydrogen-bond donors (Lipinski definition) is 0. The zero-order chi connectivity index (χ0) is 12.4. The Morgan fingerprint density at radius 3 is 2.62 bits per heavy atom. The lowest BCUT2D eigenvalue weighted by atomic mass is 10.4. The number of alkyl halides is 1. The molecule has 0 aromatic heterocycles. The summed E-state index contributed by atoms with van der Waals surface area (Å²) in [4.78, 5) is 0. The summed E-state index contributed by atoms with van der Waals surface area (Å²) in [6.07, 6.45) is 2.88. The maximum absolute atomic E-state index is 11.9. The first-order valence-corrected chi connectivity index (χ1v) is 7.36. The molecule has 0 rings (SSSR count). The standard InChI is InChI=1S/C10H20ClNO3S/c1-3-7-12(8-9-15-2)16(13,14)10-5-4-6-11/h3H,1,4-10H2,2H3. The fraction of sp³-hybridized carbons (Fsp3) is 0.800. The molecule has 96 valence electrons. The Hall–Kier alpha value is -0.100. The number of sulfonamides is 1. The van der Waals surface area contributed by atoms with E-state index in [1.54, 1.807) is 13.2 Å². The second kappa shape index (κ2) is 8.98. The number of hydrogen-bond acceptors (Lipinski definition) is 3. The van der Waals surface area contributed by atoms with E-state index in [4.69, 9.17) is 16.3 Å². The highest BCUT2D eigenvalue weighted by atomic mass is 35.5. The average Bonchev–Trinajstić information content (AvgIpc) is 2.24. The first-order chi connectivity index (χ1) is 7.58. The van der Waals surface area contributed by atoms with Gasteiger partial charge in [0.05, 0.1) is 12.4 Å². The van der Waals surface area contributed by atoms with Crippen LogP contribution in [0.3, 0.4) is 0 Å². The lowest BCUT2D eigenvalue weighted by Gasteiger charge is -2.20. The smallest absolute Gasteiger partial charge is 0.214 e. The van der Waals surface area contributed by atoms with Crippen molar-refractivity contribution in [3.63, 3.8) is 0 Å². The van der Waals surface area contributed by atoms with Crippen molar-refractivity contribution in [3.8, 4) is 0 Å². The van der Waals surface area contributed by atoms with Crippen molar-refractivity contribution < 1.29 is 13.2 Å². The Kier molecular flexibility index (Phi) is 8.93. The molecule has 0 bridgehead atoms. The van der Waals surface area contributed by atoms with Crippen LogP contribution in [0.4, 0.5) is 0 Å². The number of ether oxygens (including phenoxy) is 1. The van der Waals surface area contributed by atoms with E-state index in [0.717, 1.165) is 0 Å². The molecule has 0 aromatic rings. The third kappa shape index (κ3) is 6.48. The largest absolute Gasteiger partial charge is 0.383 e. The number of rotatable bonds is 10. The summed E-state index contributed by atoms with van der Waals surface area (Å²) in [6, 6.07) is 0. The summed E-state index contributed by atoms with van der Waals surface area (Å²) in [5, 5.41) is 0. The fourth-order valence-corrected chi connectivity index (χ4v) is 2.89. The second-order valence-corrected chi connectivity index (χ2v) is 5.82. The summed E-state index contributed by atoms with van der Waals surface area (Å²) >= 11 is 5.51. The van der Waals surface area contributed by atoms with Crippen LogP contribution in [0.2, 0.25) is 0 Å². The maximum atomic E-state index is 11.9. The topological polar surface area (TPSA) is 46.6 Å². The van der Waals surface area contributed by atoms with Crippen molar-refractivity contribution in [2.75, 3.05) is 38.4 Å². The van der Waals surface area contributed by atoms with Crippen molar-refractivity contribution in [2.45, 2.75) is 12.8 Å². The highest BCUT2D eigenvalue weighted by Crippen LogP contribution is 2.05. The fourth-order valence-electron chi connectivity index (χ4n) is 1.19. The number of halogens is 1. The van der Waals surface area contributed by atoms with Gasteiger partial charge in [0.1, 0.15) is 0 Å². The molecule has 0 N–H and O–H groups in total. The highest BCUT2D eigenvalue weighted by Gasteiger charge is 2.19. The predicted molar refractivity (Wildman–Crippen MR) is 67.4 cm³/mol. The zero-order valence-electron chi connectivity index (χ0n) is 9.69.